The van der Waals surface area contributed by atoms with Crippen LogP contribution in [0.3, 0.4) is 0 Å². The number of para-hydroxylation sites is 1. The first-order chi connectivity index (χ1) is 14.8. The highest BCUT2D eigenvalue weighted by Gasteiger charge is 2.41. The number of carboxylic acid groups (broad SMARTS) is 1. The maximum Gasteiger partial charge on any atom is 0.490 e. The smallest absolute Gasteiger partial charge is 0.490 e. The lowest BCUT2D eigenvalue weighted by Crippen LogP contribution is -2.46. The van der Waals surface area contributed by atoms with Gasteiger partial charge in [-0.2, -0.15) is 13.2 Å². The van der Waals surface area contributed by atoms with Crippen molar-refractivity contribution in [2.24, 2.45) is 11.3 Å². The van der Waals surface area contributed by atoms with E-state index in [2.05, 4.69) is 9.80 Å². The van der Waals surface area contributed by atoms with Crippen LogP contribution in [0.2, 0.25) is 0 Å². The van der Waals surface area contributed by atoms with Crippen molar-refractivity contribution in [2.75, 3.05) is 45.9 Å². The summed E-state index contributed by atoms with van der Waals surface area (Å²) in [4.78, 5) is 14.3. The molecule has 174 valence electrons. The van der Waals surface area contributed by atoms with Crippen molar-refractivity contribution in [3.05, 3.63) is 30.3 Å². The number of benzene rings is 1. The van der Waals surface area contributed by atoms with Crippen molar-refractivity contribution in [2.45, 2.75) is 44.7 Å². The minimum atomic E-state index is -5.08. The number of rotatable bonds is 6. The van der Waals surface area contributed by atoms with Crippen LogP contribution in [0.15, 0.2) is 30.3 Å². The van der Waals surface area contributed by atoms with Crippen molar-refractivity contribution >= 4 is 5.97 Å². The highest BCUT2D eigenvalue weighted by Crippen LogP contribution is 2.40. The Balaban J connectivity index is 0.000000339. The van der Waals surface area contributed by atoms with Gasteiger partial charge in [-0.25, -0.2) is 4.79 Å². The van der Waals surface area contributed by atoms with Crippen LogP contribution in [0.25, 0.3) is 0 Å². The summed E-state index contributed by atoms with van der Waals surface area (Å²) in [6.07, 6.45) is 3.56. The van der Waals surface area contributed by atoms with Gasteiger partial charge in [0, 0.05) is 26.2 Å². The van der Waals surface area contributed by atoms with Gasteiger partial charge in [0.1, 0.15) is 12.4 Å². The Bertz CT molecular complexity index is 697. The molecule has 3 fully saturated rings. The van der Waals surface area contributed by atoms with Crippen LogP contribution in [0.5, 0.6) is 5.75 Å². The Morgan fingerprint density at radius 3 is 2.35 bits per heavy atom. The number of nitrogens with zero attached hydrogens (tertiary/aromatic N) is 2. The molecule has 5 nitrogen and oxygen atoms in total. The van der Waals surface area contributed by atoms with Gasteiger partial charge in [-0.1, -0.05) is 24.6 Å². The van der Waals surface area contributed by atoms with Gasteiger partial charge in [-0.05, 0) is 68.7 Å². The van der Waals surface area contributed by atoms with Crippen LogP contribution >= 0.6 is 0 Å². The minimum Gasteiger partial charge on any atom is -0.492 e. The molecule has 0 bridgehead atoms. The molecule has 0 amide bonds. The highest BCUT2D eigenvalue weighted by atomic mass is 19.4. The Morgan fingerprint density at radius 1 is 1.06 bits per heavy atom. The van der Waals surface area contributed by atoms with Gasteiger partial charge >= 0.3 is 12.1 Å². The summed E-state index contributed by atoms with van der Waals surface area (Å²) in [7, 11) is 0. The van der Waals surface area contributed by atoms with Crippen molar-refractivity contribution in [3.8, 4) is 5.75 Å². The first-order valence-electron chi connectivity index (χ1n) is 11.2. The molecule has 31 heavy (non-hydrogen) atoms. The molecule has 1 N–H and O–H groups in total. The van der Waals surface area contributed by atoms with Gasteiger partial charge in [-0.3, -0.25) is 4.90 Å². The third-order valence-electron chi connectivity index (χ3n) is 6.66. The molecule has 1 spiro atoms. The summed E-state index contributed by atoms with van der Waals surface area (Å²) < 4.78 is 37.6. The molecule has 0 radical (unpaired) electrons. The molecular formula is C23H33F3N2O3. The zero-order valence-electron chi connectivity index (χ0n) is 17.9. The number of carbonyl (C=O) groups is 1. The zero-order valence-corrected chi connectivity index (χ0v) is 17.9. The molecular weight excluding hydrogens is 409 g/mol. The molecule has 1 saturated carbocycles. The van der Waals surface area contributed by atoms with E-state index in [1.165, 1.54) is 71.2 Å². The average molecular weight is 443 g/mol. The number of halogens is 3. The molecule has 1 aromatic carbocycles. The standard InChI is InChI=1S/C21H32N2O.C2HF3O2/c1-2-8-20(9-3-1)24-15-14-22-12-5-10-21(17-22)11-13-23(18-21)16-19-6-4-7-19;3-2(4,5)1(6)7/h1-3,8-9,19H,4-7,10-18H2;(H,6,7). The monoisotopic (exact) mass is 442 g/mol. The second-order valence-corrected chi connectivity index (χ2v) is 9.13. The second kappa shape index (κ2) is 10.7. The van der Waals surface area contributed by atoms with E-state index >= 15 is 0 Å². The molecule has 1 aliphatic carbocycles. The minimum absolute atomic E-state index is 0.578. The maximum absolute atomic E-state index is 10.6. The van der Waals surface area contributed by atoms with Gasteiger partial charge in [0.2, 0.25) is 0 Å². The van der Waals surface area contributed by atoms with E-state index in [4.69, 9.17) is 14.6 Å². The Kier molecular flexibility index (Phi) is 8.22. The third kappa shape index (κ3) is 7.38. The summed E-state index contributed by atoms with van der Waals surface area (Å²) >= 11 is 0. The lowest BCUT2D eigenvalue weighted by molar-refractivity contribution is -0.192. The first-order valence-corrected chi connectivity index (χ1v) is 11.2. The van der Waals surface area contributed by atoms with E-state index in [9.17, 15) is 13.2 Å². The summed E-state index contributed by atoms with van der Waals surface area (Å²) in [5.41, 5.74) is 0.578. The van der Waals surface area contributed by atoms with E-state index in [0.29, 0.717) is 5.41 Å². The number of alkyl halides is 3. The fourth-order valence-electron chi connectivity index (χ4n) is 4.87. The fourth-order valence-corrected chi connectivity index (χ4v) is 4.87. The van der Waals surface area contributed by atoms with E-state index < -0.39 is 12.1 Å². The molecule has 2 aliphatic heterocycles. The van der Waals surface area contributed by atoms with Gasteiger partial charge in [0.25, 0.3) is 0 Å². The van der Waals surface area contributed by atoms with Gasteiger partial charge in [-0.15, -0.1) is 0 Å². The molecule has 1 unspecified atom stereocenters. The number of hydrogen-bond donors (Lipinski definition) is 1. The summed E-state index contributed by atoms with van der Waals surface area (Å²) in [6.45, 7) is 8.48. The van der Waals surface area contributed by atoms with Gasteiger partial charge < -0.3 is 14.7 Å². The molecule has 2 saturated heterocycles. The third-order valence-corrected chi connectivity index (χ3v) is 6.66. The first kappa shape index (κ1) is 23.9. The van der Waals surface area contributed by atoms with Crippen molar-refractivity contribution in [1.82, 2.24) is 9.80 Å². The predicted molar refractivity (Wildman–Crippen MR) is 112 cm³/mol. The molecule has 1 aromatic rings. The lowest BCUT2D eigenvalue weighted by atomic mass is 9.79. The normalized spacial score (nSPS) is 25.0. The molecule has 0 aromatic heterocycles. The van der Waals surface area contributed by atoms with Crippen LogP contribution in [-0.2, 0) is 4.79 Å². The highest BCUT2D eigenvalue weighted by molar-refractivity contribution is 5.73. The number of ether oxygens (including phenoxy) is 1. The van der Waals surface area contributed by atoms with E-state index in [1.54, 1.807) is 0 Å². The predicted octanol–water partition coefficient (Wildman–Crippen LogP) is 4.29. The largest absolute Gasteiger partial charge is 0.492 e. The topological polar surface area (TPSA) is 53.0 Å². The van der Waals surface area contributed by atoms with E-state index in [-0.39, 0.29) is 0 Å². The van der Waals surface area contributed by atoms with Gasteiger partial charge in [0.05, 0.1) is 0 Å². The van der Waals surface area contributed by atoms with Gasteiger partial charge in [0.15, 0.2) is 0 Å². The van der Waals surface area contributed by atoms with E-state index in [0.717, 1.165) is 24.8 Å². The van der Waals surface area contributed by atoms with E-state index in [1.807, 2.05) is 30.3 Å². The lowest BCUT2D eigenvalue weighted by Gasteiger charge is -2.41. The Hall–Kier alpha value is -1.80. The quantitative estimate of drug-likeness (QED) is 0.713. The van der Waals surface area contributed by atoms with Crippen LogP contribution < -0.4 is 4.74 Å². The van der Waals surface area contributed by atoms with Crippen molar-refractivity contribution in [3.63, 3.8) is 0 Å². The number of hydrogen-bond acceptors (Lipinski definition) is 4. The molecule has 2 heterocycles. The Morgan fingerprint density at radius 2 is 1.74 bits per heavy atom. The number of carboxylic acids is 1. The summed E-state index contributed by atoms with van der Waals surface area (Å²) in [5.74, 6) is -0.747. The second-order valence-electron chi connectivity index (χ2n) is 9.13. The van der Waals surface area contributed by atoms with Crippen LogP contribution in [0, 0.1) is 11.3 Å². The molecule has 4 rings (SSSR count). The fraction of sp³-hybridized carbons (Fsp3) is 0.696. The number of aliphatic carboxylic acids is 1. The summed E-state index contributed by atoms with van der Waals surface area (Å²) in [5, 5.41) is 7.12. The molecule has 1 atom stereocenters. The van der Waals surface area contributed by atoms with Crippen molar-refractivity contribution < 1.29 is 27.8 Å². The zero-order chi connectivity index (χ0) is 22.3. The maximum atomic E-state index is 10.6. The average Bonchev–Trinajstić information content (AvgIpc) is 3.07. The van der Waals surface area contributed by atoms with Crippen LogP contribution in [0.4, 0.5) is 13.2 Å². The summed E-state index contributed by atoms with van der Waals surface area (Å²) in [6, 6.07) is 10.2. The van der Waals surface area contributed by atoms with Crippen molar-refractivity contribution in [1.29, 1.82) is 0 Å². The van der Waals surface area contributed by atoms with Crippen LogP contribution in [0.1, 0.15) is 38.5 Å². The molecule has 3 aliphatic rings. The number of piperidine rings is 1. The Labute approximate surface area is 182 Å². The van der Waals surface area contributed by atoms with Crippen LogP contribution in [-0.4, -0.2) is 72.9 Å². The molecule has 8 heteroatoms. The number of likely N-dealkylation sites (tertiary alicyclic amines) is 2. The SMILES string of the molecule is O=C(O)C(F)(F)F.c1ccc(OCCN2CCCC3(CCN(CC4CCC4)C3)C2)cc1.